The van der Waals surface area contributed by atoms with Crippen LogP contribution in [-0.4, -0.2) is 0 Å². The summed E-state index contributed by atoms with van der Waals surface area (Å²) in [6.07, 6.45) is 0. The molecule has 2 N–H and O–H groups in total. The van der Waals surface area contributed by atoms with Crippen LogP contribution in [0.4, 0.5) is 0 Å². The zero-order valence-electron chi connectivity index (χ0n) is 12.6. The lowest BCUT2D eigenvalue weighted by molar-refractivity contribution is 0.589. The van der Waals surface area contributed by atoms with Crippen molar-refractivity contribution in [2.24, 2.45) is 5.73 Å². The molecular weight excluding hydrogens is 266 g/mol. The largest absolute Gasteiger partial charge is 0.320 e. The van der Waals surface area contributed by atoms with Gasteiger partial charge in [0.1, 0.15) is 0 Å². The van der Waals surface area contributed by atoms with E-state index in [9.17, 15) is 0 Å². The summed E-state index contributed by atoms with van der Waals surface area (Å²) >= 11 is 6.30. The highest BCUT2D eigenvalue weighted by molar-refractivity contribution is 6.31. The topological polar surface area (TPSA) is 26.0 Å². The Morgan fingerprint density at radius 1 is 1.00 bits per heavy atom. The summed E-state index contributed by atoms with van der Waals surface area (Å²) in [5, 5.41) is 0.734. The fourth-order valence-electron chi connectivity index (χ4n) is 2.25. The summed E-state index contributed by atoms with van der Waals surface area (Å²) in [6, 6.07) is 14.3. The second-order valence-electron chi connectivity index (χ2n) is 6.37. The van der Waals surface area contributed by atoms with Crippen molar-refractivity contribution < 1.29 is 0 Å². The van der Waals surface area contributed by atoms with Gasteiger partial charge in [-0.3, -0.25) is 0 Å². The van der Waals surface area contributed by atoms with Crippen LogP contribution in [0, 0.1) is 6.92 Å². The Morgan fingerprint density at radius 2 is 1.60 bits per heavy atom. The molecule has 0 fully saturated rings. The summed E-state index contributed by atoms with van der Waals surface area (Å²) in [4.78, 5) is 0. The highest BCUT2D eigenvalue weighted by Crippen LogP contribution is 2.29. The maximum atomic E-state index is 6.34. The van der Waals surface area contributed by atoms with Crippen molar-refractivity contribution in [3.63, 3.8) is 0 Å². The molecule has 0 amide bonds. The van der Waals surface area contributed by atoms with Gasteiger partial charge in [-0.15, -0.1) is 0 Å². The Bertz CT molecular complexity index is 594. The monoisotopic (exact) mass is 287 g/mol. The van der Waals surface area contributed by atoms with E-state index in [-0.39, 0.29) is 11.5 Å². The van der Waals surface area contributed by atoms with Crippen LogP contribution in [0.25, 0.3) is 0 Å². The van der Waals surface area contributed by atoms with Gasteiger partial charge in [0.2, 0.25) is 0 Å². The average molecular weight is 288 g/mol. The molecule has 0 radical (unpaired) electrons. The molecule has 0 spiro atoms. The first-order valence-electron chi connectivity index (χ1n) is 6.91. The predicted molar refractivity (Wildman–Crippen MR) is 87.4 cm³/mol. The Kier molecular flexibility index (Phi) is 4.22. The third kappa shape index (κ3) is 3.23. The Labute approximate surface area is 126 Å². The fourth-order valence-corrected chi connectivity index (χ4v) is 2.61. The van der Waals surface area contributed by atoms with Crippen molar-refractivity contribution in [2.75, 3.05) is 0 Å². The molecule has 1 unspecified atom stereocenters. The van der Waals surface area contributed by atoms with Crippen LogP contribution >= 0.6 is 11.6 Å². The standard InChI is InChI=1S/C18H22ClN/c1-12-5-10-15(16(19)11-12)17(20)13-6-8-14(9-7-13)18(2,3)4/h5-11,17H,20H2,1-4H3. The minimum atomic E-state index is -0.183. The van der Waals surface area contributed by atoms with Gasteiger partial charge in [-0.2, -0.15) is 0 Å². The zero-order chi connectivity index (χ0) is 14.9. The van der Waals surface area contributed by atoms with E-state index in [1.165, 1.54) is 5.56 Å². The van der Waals surface area contributed by atoms with Gasteiger partial charge in [-0.1, -0.05) is 68.8 Å². The van der Waals surface area contributed by atoms with Crippen LogP contribution in [0.3, 0.4) is 0 Å². The Hall–Kier alpha value is -1.31. The van der Waals surface area contributed by atoms with Crippen molar-refractivity contribution in [1.29, 1.82) is 0 Å². The smallest absolute Gasteiger partial charge is 0.0566 e. The zero-order valence-corrected chi connectivity index (χ0v) is 13.3. The minimum Gasteiger partial charge on any atom is -0.320 e. The van der Waals surface area contributed by atoms with Crippen molar-refractivity contribution >= 4 is 11.6 Å². The molecule has 2 aromatic rings. The van der Waals surface area contributed by atoms with Crippen LogP contribution in [0.2, 0.25) is 5.02 Å². The number of halogens is 1. The summed E-state index contributed by atoms with van der Waals surface area (Å²) in [5.41, 5.74) is 11.0. The third-order valence-corrected chi connectivity index (χ3v) is 3.95. The third-order valence-electron chi connectivity index (χ3n) is 3.63. The molecule has 2 heteroatoms. The average Bonchev–Trinajstić information content (AvgIpc) is 2.37. The lowest BCUT2D eigenvalue weighted by atomic mass is 9.86. The first-order valence-corrected chi connectivity index (χ1v) is 7.29. The van der Waals surface area contributed by atoms with Gasteiger partial charge in [0.25, 0.3) is 0 Å². The van der Waals surface area contributed by atoms with E-state index in [0.29, 0.717) is 0 Å². The molecule has 20 heavy (non-hydrogen) atoms. The normalized spacial score (nSPS) is 13.3. The maximum absolute atomic E-state index is 6.34. The van der Waals surface area contributed by atoms with Crippen molar-refractivity contribution in [2.45, 2.75) is 39.2 Å². The summed E-state index contributed by atoms with van der Waals surface area (Å²) in [5.74, 6) is 0. The highest BCUT2D eigenvalue weighted by Gasteiger charge is 2.16. The van der Waals surface area contributed by atoms with Gasteiger partial charge in [-0.25, -0.2) is 0 Å². The molecule has 0 saturated heterocycles. The van der Waals surface area contributed by atoms with Gasteiger partial charge < -0.3 is 5.73 Å². The van der Waals surface area contributed by atoms with E-state index in [2.05, 4.69) is 45.0 Å². The molecule has 1 atom stereocenters. The van der Waals surface area contributed by atoms with Crippen LogP contribution in [-0.2, 0) is 5.41 Å². The molecule has 1 nitrogen and oxygen atoms in total. The van der Waals surface area contributed by atoms with Gasteiger partial charge in [0.05, 0.1) is 6.04 Å². The number of rotatable bonds is 2. The number of nitrogens with two attached hydrogens (primary N) is 1. The van der Waals surface area contributed by atoms with E-state index in [0.717, 1.165) is 21.7 Å². The molecule has 2 aromatic carbocycles. The first kappa shape index (κ1) is 15.1. The number of benzene rings is 2. The molecule has 0 bridgehead atoms. The molecular formula is C18H22ClN. The number of hydrogen-bond donors (Lipinski definition) is 1. The van der Waals surface area contributed by atoms with Gasteiger partial charge in [0.15, 0.2) is 0 Å². The van der Waals surface area contributed by atoms with Crippen LogP contribution < -0.4 is 5.73 Å². The molecule has 0 aliphatic carbocycles. The van der Waals surface area contributed by atoms with E-state index < -0.39 is 0 Å². The maximum Gasteiger partial charge on any atom is 0.0566 e. The molecule has 0 heterocycles. The Morgan fingerprint density at radius 3 is 2.10 bits per heavy atom. The Balaban J connectivity index is 2.31. The van der Waals surface area contributed by atoms with E-state index in [4.69, 9.17) is 17.3 Å². The van der Waals surface area contributed by atoms with Gasteiger partial charge in [0, 0.05) is 5.02 Å². The second kappa shape index (κ2) is 5.59. The second-order valence-corrected chi connectivity index (χ2v) is 6.78. The molecule has 0 aliphatic rings. The molecule has 106 valence electrons. The molecule has 0 saturated carbocycles. The van der Waals surface area contributed by atoms with E-state index in [1.807, 2.05) is 25.1 Å². The quantitative estimate of drug-likeness (QED) is 0.827. The van der Waals surface area contributed by atoms with E-state index >= 15 is 0 Å². The molecule has 0 aliphatic heterocycles. The van der Waals surface area contributed by atoms with Gasteiger partial charge >= 0.3 is 0 Å². The van der Waals surface area contributed by atoms with Crippen LogP contribution in [0.1, 0.15) is 49.1 Å². The van der Waals surface area contributed by atoms with Crippen molar-refractivity contribution in [3.8, 4) is 0 Å². The van der Waals surface area contributed by atoms with Crippen LogP contribution in [0.5, 0.6) is 0 Å². The highest BCUT2D eigenvalue weighted by atomic mass is 35.5. The minimum absolute atomic E-state index is 0.157. The van der Waals surface area contributed by atoms with Crippen molar-refractivity contribution in [1.82, 2.24) is 0 Å². The molecule has 0 aromatic heterocycles. The van der Waals surface area contributed by atoms with E-state index in [1.54, 1.807) is 0 Å². The summed E-state index contributed by atoms with van der Waals surface area (Å²) in [6.45, 7) is 8.65. The SMILES string of the molecule is Cc1ccc(C(N)c2ccc(C(C)(C)C)cc2)c(Cl)c1. The number of aryl methyl sites for hydroxylation is 1. The summed E-state index contributed by atoms with van der Waals surface area (Å²) in [7, 11) is 0. The lowest BCUT2D eigenvalue weighted by Gasteiger charge is -2.21. The molecule has 2 rings (SSSR count). The van der Waals surface area contributed by atoms with Crippen LogP contribution in [0.15, 0.2) is 42.5 Å². The first-order chi connectivity index (χ1) is 9.29. The van der Waals surface area contributed by atoms with Crippen molar-refractivity contribution in [3.05, 3.63) is 69.7 Å². The number of hydrogen-bond acceptors (Lipinski definition) is 1. The predicted octanol–water partition coefficient (Wildman–Crippen LogP) is 4.99. The summed E-state index contributed by atoms with van der Waals surface area (Å²) < 4.78 is 0. The van der Waals surface area contributed by atoms with Gasteiger partial charge in [-0.05, 0) is 40.7 Å². The lowest BCUT2D eigenvalue weighted by Crippen LogP contribution is -2.14. The fraction of sp³-hybridized carbons (Fsp3) is 0.333.